The molecule has 116 valence electrons. The summed E-state index contributed by atoms with van der Waals surface area (Å²) in [5.74, 6) is 1.38. The first kappa shape index (κ1) is 15.9. The van der Waals surface area contributed by atoms with Gasteiger partial charge in [0.05, 0.1) is 13.2 Å². The standard InChI is InChI=1S/C18H21NO3/c1-13-6-4-5-7-17(13)22-12-18(20)19-14(2)15-8-10-16(21-3)11-9-15/h4-11,14H,12H2,1-3H3,(H,19,20)/t14-/m0/s1. The van der Waals surface area contributed by atoms with E-state index < -0.39 is 0 Å². The predicted octanol–water partition coefficient (Wildman–Crippen LogP) is 3.26. The smallest absolute Gasteiger partial charge is 0.258 e. The topological polar surface area (TPSA) is 47.6 Å². The number of benzene rings is 2. The maximum absolute atomic E-state index is 12.0. The van der Waals surface area contributed by atoms with Crippen LogP contribution >= 0.6 is 0 Å². The summed E-state index contributed by atoms with van der Waals surface area (Å²) < 4.78 is 10.7. The number of carbonyl (C=O) groups excluding carboxylic acids is 1. The van der Waals surface area contributed by atoms with Gasteiger partial charge in [-0.2, -0.15) is 0 Å². The molecule has 0 aliphatic heterocycles. The maximum Gasteiger partial charge on any atom is 0.258 e. The minimum atomic E-state index is -0.147. The van der Waals surface area contributed by atoms with Crippen LogP contribution in [-0.4, -0.2) is 19.6 Å². The van der Waals surface area contributed by atoms with Gasteiger partial charge in [0.1, 0.15) is 11.5 Å². The van der Waals surface area contributed by atoms with Crippen LogP contribution in [0.3, 0.4) is 0 Å². The van der Waals surface area contributed by atoms with Gasteiger partial charge >= 0.3 is 0 Å². The molecule has 4 nitrogen and oxygen atoms in total. The molecule has 0 spiro atoms. The molecule has 0 bridgehead atoms. The number of rotatable bonds is 6. The van der Waals surface area contributed by atoms with E-state index >= 15 is 0 Å². The Hall–Kier alpha value is -2.49. The van der Waals surface area contributed by atoms with Gasteiger partial charge in [-0.3, -0.25) is 4.79 Å². The van der Waals surface area contributed by atoms with Gasteiger partial charge in [-0.05, 0) is 43.2 Å². The number of aryl methyl sites for hydroxylation is 1. The summed E-state index contributed by atoms with van der Waals surface area (Å²) in [6.07, 6.45) is 0. The third-order valence-electron chi connectivity index (χ3n) is 3.45. The van der Waals surface area contributed by atoms with Crippen molar-refractivity contribution in [3.8, 4) is 11.5 Å². The largest absolute Gasteiger partial charge is 0.497 e. The number of carbonyl (C=O) groups is 1. The van der Waals surface area contributed by atoms with Gasteiger partial charge in [0.25, 0.3) is 5.91 Å². The average molecular weight is 299 g/mol. The SMILES string of the molecule is COc1ccc([C@H](C)NC(=O)COc2ccccc2C)cc1. The Morgan fingerprint density at radius 1 is 1.14 bits per heavy atom. The second kappa shape index (κ2) is 7.50. The molecule has 1 amide bonds. The Bertz CT molecular complexity index is 622. The minimum absolute atomic E-state index is 0.00531. The Morgan fingerprint density at radius 2 is 1.82 bits per heavy atom. The highest BCUT2D eigenvalue weighted by molar-refractivity contribution is 5.78. The third kappa shape index (κ3) is 4.25. The summed E-state index contributed by atoms with van der Waals surface area (Å²) in [5, 5.41) is 2.92. The van der Waals surface area contributed by atoms with E-state index in [2.05, 4.69) is 5.32 Å². The van der Waals surface area contributed by atoms with E-state index in [4.69, 9.17) is 9.47 Å². The van der Waals surface area contributed by atoms with Crippen LogP contribution in [0, 0.1) is 6.92 Å². The highest BCUT2D eigenvalue weighted by atomic mass is 16.5. The molecular weight excluding hydrogens is 278 g/mol. The first-order chi connectivity index (χ1) is 10.6. The summed E-state index contributed by atoms with van der Waals surface area (Å²) in [4.78, 5) is 12.0. The van der Waals surface area contributed by atoms with Crippen molar-refractivity contribution in [3.05, 3.63) is 59.7 Å². The van der Waals surface area contributed by atoms with Crippen molar-refractivity contribution in [2.75, 3.05) is 13.7 Å². The molecule has 1 N–H and O–H groups in total. The molecule has 0 radical (unpaired) electrons. The number of methoxy groups -OCH3 is 1. The van der Waals surface area contributed by atoms with Crippen LogP contribution in [0.5, 0.6) is 11.5 Å². The molecule has 0 saturated carbocycles. The van der Waals surface area contributed by atoms with Crippen LogP contribution in [0.15, 0.2) is 48.5 Å². The Balaban J connectivity index is 1.87. The summed E-state index contributed by atoms with van der Waals surface area (Å²) in [6, 6.07) is 15.2. The molecule has 4 heteroatoms. The van der Waals surface area contributed by atoms with Crippen molar-refractivity contribution in [3.63, 3.8) is 0 Å². The minimum Gasteiger partial charge on any atom is -0.497 e. The molecule has 0 aliphatic carbocycles. The number of para-hydroxylation sites is 1. The average Bonchev–Trinajstić information content (AvgIpc) is 2.54. The molecule has 22 heavy (non-hydrogen) atoms. The fraction of sp³-hybridized carbons (Fsp3) is 0.278. The van der Waals surface area contributed by atoms with Crippen molar-refractivity contribution in [1.82, 2.24) is 5.32 Å². The van der Waals surface area contributed by atoms with Crippen LogP contribution in [0.1, 0.15) is 24.1 Å². The zero-order valence-electron chi connectivity index (χ0n) is 13.1. The fourth-order valence-corrected chi connectivity index (χ4v) is 2.12. The normalized spacial score (nSPS) is 11.6. The molecule has 0 fully saturated rings. The molecule has 0 aromatic heterocycles. The number of ether oxygens (including phenoxy) is 2. The molecular formula is C18H21NO3. The number of nitrogens with one attached hydrogen (secondary N) is 1. The van der Waals surface area contributed by atoms with E-state index in [1.54, 1.807) is 7.11 Å². The van der Waals surface area contributed by atoms with Crippen LogP contribution < -0.4 is 14.8 Å². The molecule has 2 aromatic carbocycles. The molecule has 2 rings (SSSR count). The van der Waals surface area contributed by atoms with Crippen LogP contribution in [-0.2, 0) is 4.79 Å². The van der Waals surface area contributed by atoms with Crippen molar-refractivity contribution in [2.45, 2.75) is 19.9 Å². The molecule has 1 atom stereocenters. The summed E-state index contributed by atoms with van der Waals surface area (Å²) in [6.45, 7) is 3.89. The molecule has 0 aliphatic rings. The third-order valence-corrected chi connectivity index (χ3v) is 3.45. The zero-order valence-corrected chi connectivity index (χ0v) is 13.1. The van der Waals surface area contributed by atoms with Crippen molar-refractivity contribution >= 4 is 5.91 Å². The Morgan fingerprint density at radius 3 is 2.45 bits per heavy atom. The van der Waals surface area contributed by atoms with Gasteiger partial charge in [-0.25, -0.2) is 0 Å². The van der Waals surface area contributed by atoms with E-state index in [0.717, 1.165) is 22.6 Å². The van der Waals surface area contributed by atoms with Gasteiger partial charge in [-0.15, -0.1) is 0 Å². The van der Waals surface area contributed by atoms with Crippen LogP contribution in [0.25, 0.3) is 0 Å². The van der Waals surface area contributed by atoms with Gasteiger partial charge in [0.15, 0.2) is 6.61 Å². The second-order valence-corrected chi connectivity index (χ2v) is 5.12. The van der Waals surface area contributed by atoms with Gasteiger partial charge in [-0.1, -0.05) is 30.3 Å². The molecule has 0 unspecified atom stereocenters. The maximum atomic E-state index is 12.0. The van der Waals surface area contributed by atoms with E-state index in [1.165, 1.54) is 0 Å². The molecule has 0 saturated heterocycles. The quantitative estimate of drug-likeness (QED) is 0.890. The first-order valence-corrected chi connectivity index (χ1v) is 7.22. The lowest BCUT2D eigenvalue weighted by molar-refractivity contribution is -0.123. The fourth-order valence-electron chi connectivity index (χ4n) is 2.12. The summed E-state index contributed by atoms with van der Waals surface area (Å²) >= 11 is 0. The Kier molecular flexibility index (Phi) is 5.42. The summed E-state index contributed by atoms with van der Waals surface area (Å²) in [5.41, 5.74) is 2.03. The van der Waals surface area contributed by atoms with Crippen molar-refractivity contribution in [2.24, 2.45) is 0 Å². The lowest BCUT2D eigenvalue weighted by Crippen LogP contribution is -2.31. The lowest BCUT2D eigenvalue weighted by Gasteiger charge is -2.15. The highest BCUT2D eigenvalue weighted by Crippen LogP contribution is 2.18. The van der Waals surface area contributed by atoms with Gasteiger partial charge < -0.3 is 14.8 Å². The molecule has 0 heterocycles. The van der Waals surface area contributed by atoms with Crippen molar-refractivity contribution in [1.29, 1.82) is 0 Å². The highest BCUT2D eigenvalue weighted by Gasteiger charge is 2.10. The summed E-state index contributed by atoms with van der Waals surface area (Å²) in [7, 11) is 1.63. The second-order valence-electron chi connectivity index (χ2n) is 5.12. The number of amides is 1. The first-order valence-electron chi connectivity index (χ1n) is 7.22. The monoisotopic (exact) mass is 299 g/mol. The van der Waals surface area contributed by atoms with E-state index in [-0.39, 0.29) is 18.6 Å². The van der Waals surface area contributed by atoms with Crippen LogP contribution in [0.2, 0.25) is 0 Å². The predicted molar refractivity (Wildman–Crippen MR) is 86.2 cm³/mol. The number of hydrogen-bond acceptors (Lipinski definition) is 3. The van der Waals surface area contributed by atoms with E-state index in [9.17, 15) is 4.79 Å². The number of hydrogen-bond donors (Lipinski definition) is 1. The Labute approximate surface area is 131 Å². The van der Waals surface area contributed by atoms with Crippen molar-refractivity contribution < 1.29 is 14.3 Å². The van der Waals surface area contributed by atoms with E-state index in [0.29, 0.717) is 0 Å². The zero-order chi connectivity index (χ0) is 15.9. The van der Waals surface area contributed by atoms with Gasteiger partial charge in [0, 0.05) is 0 Å². The lowest BCUT2D eigenvalue weighted by atomic mass is 10.1. The van der Waals surface area contributed by atoms with Crippen LogP contribution in [0.4, 0.5) is 0 Å². The van der Waals surface area contributed by atoms with E-state index in [1.807, 2.05) is 62.4 Å². The van der Waals surface area contributed by atoms with Gasteiger partial charge in [0.2, 0.25) is 0 Å². The molecule has 2 aromatic rings.